The Hall–Kier alpha value is -4.24. The van der Waals surface area contributed by atoms with Crippen molar-refractivity contribution in [2.75, 3.05) is 0 Å². The minimum Gasteiger partial charge on any atom is -0.493 e. The molecular formula is C25H17BrN6O2. The second kappa shape index (κ2) is 7.67. The van der Waals surface area contributed by atoms with Gasteiger partial charge in [-0.1, -0.05) is 58.4 Å². The monoisotopic (exact) mass is 512 g/mol. The first-order valence-electron chi connectivity index (χ1n) is 10.5. The van der Waals surface area contributed by atoms with Crippen LogP contribution in [0.1, 0.15) is 10.5 Å². The van der Waals surface area contributed by atoms with Gasteiger partial charge < -0.3 is 14.7 Å². The highest BCUT2D eigenvalue weighted by atomic mass is 79.9. The van der Waals surface area contributed by atoms with Crippen molar-refractivity contribution in [3.05, 3.63) is 83.0 Å². The Morgan fingerprint density at radius 3 is 2.56 bits per heavy atom. The van der Waals surface area contributed by atoms with Crippen LogP contribution in [0.25, 0.3) is 39.0 Å². The molecule has 0 aliphatic rings. The molecule has 0 aliphatic heterocycles. The molecule has 9 heteroatoms. The number of azo groups is 1. The van der Waals surface area contributed by atoms with E-state index >= 15 is 0 Å². The lowest BCUT2D eigenvalue weighted by molar-refractivity contribution is 0.0990. The topological polar surface area (TPSA) is 100 Å². The summed E-state index contributed by atoms with van der Waals surface area (Å²) in [4.78, 5) is 21.2. The summed E-state index contributed by atoms with van der Waals surface area (Å²) in [6.07, 6.45) is 0. The molecule has 6 aromatic rings. The van der Waals surface area contributed by atoms with Crippen LogP contribution in [0.4, 0.5) is 5.69 Å². The van der Waals surface area contributed by atoms with Gasteiger partial charge in [-0.25, -0.2) is 4.98 Å². The third kappa shape index (κ3) is 3.05. The molecule has 6 rings (SSSR count). The van der Waals surface area contributed by atoms with E-state index in [4.69, 9.17) is 4.98 Å². The highest BCUT2D eigenvalue weighted by Gasteiger charge is 2.25. The highest BCUT2D eigenvalue weighted by Crippen LogP contribution is 2.37. The molecule has 3 aromatic heterocycles. The van der Waals surface area contributed by atoms with Crippen LogP contribution >= 0.6 is 15.9 Å². The summed E-state index contributed by atoms with van der Waals surface area (Å²) >= 11 is 3.43. The molecule has 0 unspecified atom stereocenters. The predicted molar refractivity (Wildman–Crippen MR) is 134 cm³/mol. The van der Waals surface area contributed by atoms with Gasteiger partial charge in [-0.3, -0.25) is 9.20 Å². The molecule has 0 spiro atoms. The van der Waals surface area contributed by atoms with Crippen molar-refractivity contribution in [1.29, 1.82) is 0 Å². The van der Waals surface area contributed by atoms with E-state index in [1.165, 1.54) is 0 Å². The normalized spacial score (nSPS) is 11.9. The summed E-state index contributed by atoms with van der Waals surface area (Å²) in [6, 6.07) is 22.8. The van der Waals surface area contributed by atoms with Gasteiger partial charge in [-0.15, -0.1) is 10.2 Å². The van der Waals surface area contributed by atoms with E-state index in [-0.39, 0.29) is 11.6 Å². The van der Waals surface area contributed by atoms with Crippen molar-refractivity contribution >= 4 is 55.2 Å². The number of hydrogen-bond donors (Lipinski definition) is 2. The molecule has 0 bridgehead atoms. The van der Waals surface area contributed by atoms with Crippen molar-refractivity contribution in [2.24, 2.45) is 17.3 Å². The average Bonchev–Trinajstić information content (AvgIpc) is 3.48. The van der Waals surface area contributed by atoms with Crippen molar-refractivity contribution in [3.63, 3.8) is 0 Å². The van der Waals surface area contributed by atoms with E-state index in [0.29, 0.717) is 28.1 Å². The molecule has 0 atom stereocenters. The molecule has 0 saturated heterocycles. The Balaban J connectivity index is 1.56. The number of aryl methyl sites for hydroxylation is 1. The van der Waals surface area contributed by atoms with Crippen LogP contribution in [-0.2, 0) is 7.05 Å². The average molecular weight is 513 g/mol. The minimum absolute atomic E-state index is 0.156. The third-order valence-corrected chi connectivity index (χ3v) is 6.34. The number of nitrogens with one attached hydrogen (secondary N) is 1. The second-order valence-corrected chi connectivity index (χ2v) is 8.79. The fourth-order valence-electron chi connectivity index (χ4n) is 4.28. The first kappa shape index (κ1) is 20.4. The Kier molecular flexibility index (Phi) is 4.59. The number of fused-ring (bicyclic) bond motifs is 4. The van der Waals surface area contributed by atoms with Gasteiger partial charge in [-0.05, 0) is 30.3 Å². The van der Waals surface area contributed by atoms with Crippen LogP contribution in [0.3, 0.4) is 0 Å². The number of para-hydroxylation sites is 2. The predicted octanol–water partition coefficient (Wildman–Crippen LogP) is 6.37. The smallest absolute Gasteiger partial charge is 0.314 e. The molecule has 166 valence electrons. The molecule has 3 heterocycles. The van der Waals surface area contributed by atoms with E-state index in [1.54, 1.807) is 0 Å². The van der Waals surface area contributed by atoms with Gasteiger partial charge in [0.15, 0.2) is 5.69 Å². The van der Waals surface area contributed by atoms with Gasteiger partial charge in [0.2, 0.25) is 11.7 Å². The number of aromatic hydroxyl groups is 1. The fraction of sp³-hybridized carbons (Fsp3) is 0.0400. The maximum absolute atomic E-state index is 13.5. The summed E-state index contributed by atoms with van der Waals surface area (Å²) in [5, 5.41) is 19.2. The summed E-state index contributed by atoms with van der Waals surface area (Å²) in [7, 11) is 1.91. The Labute approximate surface area is 201 Å². The van der Waals surface area contributed by atoms with Crippen molar-refractivity contribution in [3.8, 4) is 17.1 Å². The number of imidazole rings is 2. The quantitative estimate of drug-likeness (QED) is 0.269. The van der Waals surface area contributed by atoms with Gasteiger partial charge >= 0.3 is 5.91 Å². The largest absolute Gasteiger partial charge is 0.493 e. The van der Waals surface area contributed by atoms with Crippen molar-refractivity contribution < 1.29 is 9.90 Å². The lowest BCUT2D eigenvalue weighted by Gasteiger charge is -2.02. The molecule has 0 fully saturated rings. The third-order valence-electron chi connectivity index (χ3n) is 5.85. The second-order valence-electron chi connectivity index (χ2n) is 7.88. The lowest BCUT2D eigenvalue weighted by Crippen LogP contribution is -2.01. The number of nitrogens with zero attached hydrogens (tertiary/aromatic N) is 5. The van der Waals surface area contributed by atoms with Gasteiger partial charge in [0.1, 0.15) is 11.4 Å². The molecule has 8 nitrogen and oxygen atoms in total. The first-order valence-corrected chi connectivity index (χ1v) is 11.3. The molecule has 1 amide bonds. The minimum atomic E-state index is -0.563. The Bertz CT molecular complexity index is 1760. The Morgan fingerprint density at radius 1 is 1.03 bits per heavy atom. The SMILES string of the molecule is Cn1c2ccccc2n2c(C(=O)N=Nc3c(O)[nH]c4ccc(Br)cc34)c(-c3ccccc3)nc12. The van der Waals surface area contributed by atoms with E-state index in [9.17, 15) is 9.90 Å². The van der Waals surface area contributed by atoms with Gasteiger partial charge in [0, 0.05) is 22.5 Å². The van der Waals surface area contributed by atoms with E-state index in [1.807, 2.05) is 88.8 Å². The zero-order chi connectivity index (χ0) is 23.4. The molecule has 2 N–H and O–H groups in total. The van der Waals surface area contributed by atoms with Crippen molar-refractivity contribution in [1.82, 2.24) is 18.9 Å². The van der Waals surface area contributed by atoms with Crippen LogP contribution in [-0.4, -0.2) is 29.9 Å². The van der Waals surface area contributed by atoms with E-state index in [2.05, 4.69) is 31.1 Å². The number of H-pyrrole nitrogens is 1. The molecule has 0 saturated carbocycles. The number of halogens is 1. The number of aromatic amines is 1. The molecule has 0 aliphatic carbocycles. The molecular weight excluding hydrogens is 496 g/mol. The maximum Gasteiger partial charge on any atom is 0.314 e. The van der Waals surface area contributed by atoms with Crippen LogP contribution < -0.4 is 0 Å². The van der Waals surface area contributed by atoms with Crippen LogP contribution in [0, 0.1) is 0 Å². The van der Waals surface area contributed by atoms with Gasteiger partial charge in [0.05, 0.1) is 16.6 Å². The maximum atomic E-state index is 13.5. The van der Waals surface area contributed by atoms with Crippen molar-refractivity contribution in [2.45, 2.75) is 0 Å². The number of hydrogen-bond acceptors (Lipinski definition) is 4. The van der Waals surface area contributed by atoms with Crippen LogP contribution in [0.15, 0.2) is 87.5 Å². The zero-order valence-corrected chi connectivity index (χ0v) is 19.5. The van der Waals surface area contributed by atoms with Crippen LogP contribution in [0.5, 0.6) is 5.88 Å². The number of carbonyl (C=O) groups excluding carboxylic acids is 1. The summed E-state index contributed by atoms with van der Waals surface area (Å²) in [5.41, 5.74) is 4.29. The highest BCUT2D eigenvalue weighted by molar-refractivity contribution is 9.10. The van der Waals surface area contributed by atoms with Gasteiger partial charge in [-0.2, -0.15) is 0 Å². The first-order chi connectivity index (χ1) is 16.5. The fourth-order valence-corrected chi connectivity index (χ4v) is 4.64. The number of rotatable bonds is 3. The Morgan fingerprint density at radius 2 is 1.76 bits per heavy atom. The number of carbonyl (C=O) groups is 1. The number of amides is 1. The summed E-state index contributed by atoms with van der Waals surface area (Å²) < 4.78 is 4.57. The molecule has 3 aromatic carbocycles. The zero-order valence-electron chi connectivity index (χ0n) is 17.9. The van der Waals surface area contributed by atoms with E-state index in [0.717, 1.165) is 21.1 Å². The number of aromatic nitrogens is 4. The lowest BCUT2D eigenvalue weighted by atomic mass is 10.1. The standard InChI is InChI=1S/C25H17BrN6O2/c1-31-18-9-5-6-10-19(18)32-22(20(28-25(31)32)14-7-3-2-4-8-14)24(34)30-29-21-16-13-15(26)11-12-17(16)27-23(21)33/h2-13,27,33H,1H3. The molecule has 34 heavy (non-hydrogen) atoms. The van der Waals surface area contributed by atoms with Gasteiger partial charge in [0.25, 0.3) is 0 Å². The molecule has 0 radical (unpaired) electrons. The summed E-state index contributed by atoms with van der Waals surface area (Å²) in [6.45, 7) is 0. The summed E-state index contributed by atoms with van der Waals surface area (Å²) in [5.74, 6) is -0.0968. The van der Waals surface area contributed by atoms with Crippen LogP contribution in [0.2, 0.25) is 0 Å². The number of benzene rings is 3. The van der Waals surface area contributed by atoms with E-state index < -0.39 is 5.91 Å².